The van der Waals surface area contributed by atoms with Gasteiger partial charge in [-0.1, -0.05) is 38.5 Å². The number of benzene rings is 1. The number of unbranched alkanes of at least 4 members (excludes halogenated alkanes) is 4. The van der Waals surface area contributed by atoms with Crippen molar-refractivity contribution in [1.82, 2.24) is 15.1 Å². The van der Waals surface area contributed by atoms with Crippen LogP contribution in [0.1, 0.15) is 106 Å². The number of fused-ring (bicyclic) bond motifs is 1. The lowest BCUT2D eigenvalue weighted by Gasteiger charge is -2.44. The zero-order valence-corrected chi connectivity index (χ0v) is 23.1. The average molecular weight is 526 g/mol. The summed E-state index contributed by atoms with van der Waals surface area (Å²) in [4.78, 5) is 42.1. The van der Waals surface area contributed by atoms with Gasteiger partial charge in [-0.05, 0) is 99.5 Å². The molecule has 1 saturated carbocycles. The Morgan fingerprint density at radius 3 is 2.46 bits per heavy atom. The van der Waals surface area contributed by atoms with Gasteiger partial charge in [-0.15, -0.1) is 11.8 Å². The molecule has 5 rings (SSSR count). The molecule has 1 aromatic rings. The Kier molecular flexibility index (Phi) is 8.91. The van der Waals surface area contributed by atoms with Crippen LogP contribution in [-0.2, 0) is 16.1 Å². The standard InChI is InChI=1S/C30H43N3O3S/c34-27-12-11-26(28(35)31-27)33-22-23-21-24(9-10-25(23)29(33)36)37-20-8-3-1-2-7-17-32-18-15-30(16-19-32)13-5-4-6-14-30/h9-10,21,26H,1-8,11-20,22H2,(H,31,34,35). The third-order valence-electron chi connectivity index (χ3n) is 9.21. The van der Waals surface area contributed by atoms with Gasteiger partial charge >= 0.3 is 0 Å². The molecule has 1 N–H and O–H groups in total. The van der Waals surface area contributed by atoms with E-state index >= 15 is 0 Å². The van der Waals surface area contributed by atoms with E-state index in [0.717, 1.165) is 11.3 Å². The summed E-state index contributed by atoms with van der Waals surface area (Å²) in [6, 6.07) is 5.51. The first-order chi connectivity index (χ1) is 18.0. The minimum Gasteiger partial charge on any atom is -0.322 e. The van der Waals surface area contributed by atoms with Gasteiger partial charge in [-0.2, -0.15) is 0 Å². The SMILES string of the molecule is O=C1CCC(N2Cc3cc(SCCCCCCCN4CCC5(CCCCC5)CC4)ccc3C2=O)C(=O)N1. The average Bonchev–Trinajstić information content (AvgIpc) is 3.22. The van der Waals surface area contributed by atoms with E-state index < -0.39 is 6.04 Å². The van der Waals surface area contributed by atoms with E-state index in [0.29, 0.717) is 23.9 Å². The second kappa shape index (κ2) is 12.3. The molecule has 1 aromatic carbocycles. The molecule has 0 bridgehead atoms. The summed E-state index contributed by atoms with van der Waals surface area (Å²) in [5.74, 6) is 0.394. The molecule has 1 atom stereocenters. The van der Waals surface area contributed by atoms with Crippen LogP contribution in [0, 0.1) is 5.41 Å². The first kappa shape index (κ1) is 26.7. The van der Waals surface area contributed by atoms with E-state index in [9.17, 15) is 14.4 Å². The molecule has 0 aromatic heterocycles. The first-order valence-electron chi connectivity index (χ1n) is 14.7. The fourth-order valence-electron chi connectivity index (χ4n) is 6.85. The number of hydrogen-bond donors (Lipinski definition) is 1. The smallest absolute Gasteiger partial charge is 0.255 e. The van der Waals surface area contributed by atoms with Gasteiger partial charge in [0.05, 0.1) is 0 Å². The molecule has 1 aliphatic carbocycles. The predicted molar refractivity (Wildman–Crippen MR) is 147 cm³/mol. The summed E-state index contributed by atoms with van der Waals surface area (Å²) in [7, 11) is 0. The van der Waals surface area contributed by atoms with Crippen molar-refractivity contribution < 1.29 is 14.4 Å². The fraction of sp³-hybridized carbons (Fsp3) is 0.700. The molecule has 37 heavy (non-hydrogen) atoms. The van der Waals surface area contributed by atoms with Crippen LogP contribution in [0.25, 0.3) is 0 Å². The van der Waals surface area contributed by atoms with Crippen molar-refractivity contribution in [2.45, 2.75) is 107 Å². The molecular formula is C30H43N3O3S. The maximum absolute atomic E-state index is 12.8. The number of carbonyl (C=O) groups is 3. The molecule has 1 unspecified atom stereocenters. The van der Waals surface area contributed by atoms with Crippen molar-refractivity contribution in [2.75, 3.05) is 25.4 Å². The van der Waals surface area contributed by atoms with Gasteiger partial charge in [-0.25, -0.2) is 0 Å². The van der Waals surface area contributed by atoms with Crippen molar-refractivity contribution in [1.29, 1.82) is 0 Å². The van der Waals surface area contributed by atoms with E-state index in [1.165, 1.54) is 102 Å². The lowest BCUT2D eigenvalue weighted by atomic mass is 9.68. The molecule has 3 heterocycles. The predicted octanol–water partition coefficient (Wildman–Crippen LogP) is 5.54. The number of hydrogen-bond acceptors (Lipinski definition) is 5. The second-order valence-corrected chi connectivity index (χ2v) is 12.9. The molecule has 3 aliphatic heterocycles. The molecule has 0 radical (unpaired) electrons. The van der Waals surface area contributed by atoms with E-state index in [4.69, 9.17) is 0 Å². The molecule has 1 spiro atoms. The number of likely N-dealkylation sites (tertiary alicyclic amines) is 1. The van der Waals surface area contributed by atoms with Crippen molar-refractivity contribution >= 4 is 29.5 Å². The third-order valence-corrected chi connectivity index (χ3v) is 10.3. The zero-order valence-electron chi connectivity index (χ0n) is 22.3. The number of thioether (sulfide) groups is 1. The van der Waals surface area contributed by atoms with Crippen LogP contribution >= 0.6 is 11.8 Å². The highest BCUT2D eigenvalue weighted by atomic mass is 32.2. The van der Waals surface area contributed by atoms with E-state index in [-0.39, 0.29) is 24.1 Å². The Labute approximate surface area is 226 Å². The van der Waals surface area contributed by atoms with E-state index in [1.54, 1.807) is 4.90 Å². The number of carbonyl (C=O) groups excluding carboxylic acids is 3. The topological polar surface area (TPSA) is 69.7 Å². The molecule has 202 valence electrons. The van der Waals surface area contributed by atoms with Crippen LogP contribution in [0.3, 0.4) is 0 Å². The Bertz CT molecular complexity index is 980. The van der Waals surface area contributed by atoms with Gasteiger partial charge < -0.3 is 9.80 Å². The number of imide groups is 1. The number of nitrogens with one attached hydrogen (secondary N) is 1. The molecule has 3 fully saturated rings. The van der Waals surface area contributed by atoms with Crippen molar-refractivity contribution in [2.24, 2.45) is 5.41 Å². The van der Waals surface area contributed by atoms with Crippen LogP contribution in [-0.4, -0.2) is 59.0 Å². The summed E-state index contributed by atoms with van der Waals surface area (Å²) >= 11 is 1.86. The molecule has 2 saturated heterocycles. The quantitative estimate of drug-likeness (QED) is 0.247. The first-order valence-corrected chi connectivity index (χ1v) is 15.6. The lowest BCUT2D eigenvalue weighted by Crippen LogP contribution is -2.52. The summed E-state index contributed by atoms with van der Waals surface area (Å²) in [5.41, 5.74) is 2.40. The van der Waals surface area contributed by atoms with E-state index in [1.807, 2.05) is 23.9 Å². The van der Waals surface area contributed by atoms with Gasteiger partial charge in [0.1, 0.15) is 6.04 Å². The molecule has 3 amide bonds. The Morgan fingerprint density at radius 1 is 0.919 bits per heavy atom. The van der Waals surface area contributed by atoms with Gasteiger partial charge in [0, 0.05) is 23.4 Å². The maximum Gasteiger partial charge on any atom is 0.255 e. The molecule has 7 heteroatoms. The minimum atomic E-state index is -0.544. The van der Waals surface area contributed by atoms with Crippen LogP contribution in [0.5, 0.6) is 0 Å². The van der Waals surface area contributed by atoms with Crippen LogP contribution in [0.15, 0.2) is 23.1 Å². The Hall–Kier alpha value is -1.86. The van der Waals surface area contributed by atoms with Gasteiger partial charge in [0.25, 0.3) is 5.91 Å². The largest absolute Gasteiger partial charge is 0.322 e. The number of amides is 3. The summed E-state index contributed by atoms with van der Waals surface area (Å²) in [5, 5.41) is 2.37. The van der Waals surface area contributed by atoms with Crippen LogP contribution < -0.4 is 5.32 Å². The lowest BCUT2D eigenvalue weighted by molar-refractivity contribution is -0.136. The number of rotatable bonds is 10. The normalized spacial score (nSPS) is 23.9. The zero-order chi connectivity index (χ0) is 25.7. The monoisotopic (exact) mass is 525 g/mol. The van der Waals surface area contributed by atoms with Gasteiger partial charge in [0.2, 0.25) is 11.8 Å². The number of piperidine rings is 2. The summed E-state index contributed by atoms with van der Waals surface area (Å²) in [6.45, 7) is 4.39. The highest BCUT2D eigenvalue weighted by Gasteiger charge is 2.39. The van der Waals surface area contributed by atoms with Crippen molar-refractivity contribution in [3.05, 3.63) is 29.3 Å². The fourth-order valence-corrected chi connectivity index (χ4v) is 7.83. The van der Waals surface area contributed by atoms with Crippen LogP contribution in [0.4, 0.5) is 0 Å². The highest BCUT2D eigenvalue weighted by molar-refractivity contribution is 7.99. The van der Waals surface area contributed by atoms with Gasteiger partial charge in [0.15, 0.2) is 0 Å². The highest BCUT2D eigenvalue weighted by Crippen LogP contribution is 2.44. The van der Waals surface area contributed by atoms with E-state index in [2.05, 4.69) is 16.3 Å². The van der Waals surface area contributed by atoms with Crippen LogP contribution in [0.2, 0.25) is 0 Å². The third kappa shape index (κ3) is 6.59. The molecular weight excluding hydrogens is 482 g/mol. The Morgan fingerprint density at radius 2 is 1.68 bits per heavy atom. The van der Waals surface area contributed by atoms with Gasteiger partial charge in [-0.3, -0.25) is 19.7 Å². The molecule has 6 nitrogen and oxygen atoms in total. The molecule has 4 aliphatic rings. The summed E-state index contributed by atoms with van der Waals surface area (Å²) < 4.78 is 0. The number of nitrogens with zero attached hydrogens (tertiary/aromatic N) is 2. The minimum absolute atomic E-state index is 0.0981. The second-order valence-electron chi connectivity index (χ2n) is 11.7. The maximum atomic E-state index is 12.8. The van der Waals surface area contributed by atoms with Crippen molar-refractivity contribution in [3.8, 4) is 0 Å². The summed E-state index contributed by atoms with van der Waals surface area (Å²) in [6.07, 6.45) is 17.4. The van der Waals surface area contributed by atoms with Crippen molar-refractivity contribution in [3.63, 3.8) is 0 Å². The Balaban J connectivity index is 0.951.